The van der Waals surface area contributed by atoms with Gasteiger partial charge in [-0.1, -0.05) is 6.07 Å². The van der Waals surface area contributed by atoms with Crippen LogP contribution in [-0.2, 0) is 25.0 Å². The summed E-state index contributed by atoms with van der Waals surface area (Å²) in [6.07, 6.45) is 2.17. The van der Waals surface area contributed by atoms with E-state index in [1.807, 2.05) is 11.0 Å². The lowest BCUT2D eigenvalue weighted by molar-refractivity contribution is -0.114. The molecule has 0 atom stereocenters. The monoisotopic (exact) mass is 691 g/mol. The van der Waals surface area contributed by atoms with E-state index in [1.165, 1.54) is 44.5 Å². The fourth-order valence-electron chi connectivity index (χ4n) is 4.50. The molecule has 0 unspecified atom stereocenters. The minimum Gasteiger partial charge on any atom is -0.494 e. The number of azo groups is 1. The number of carboxylic acid groups (broad SMARTS) is 1. The van der Waals surface area contributed by atoms with Crippen LogP contribution in [-0.4, -0.2) is 84.4 Å². The Morgan fingerprint density at radius 3 is 2.19 bits per heavy atom. The van der Waals surface area contributed by atoms with Crippen molar-refractivity contribution >= 4 is 55.0 Å². The lowest BCUT2D eigenvalue weighted by Gasteiger charge is -2.26. The van der Waals surface area contributed by atoms with E-state index in [-0.39, 0.29) is 52.6 Å². The van der Waals surface area contributed by atoms with E-state index < -0.39 is 43.6 Å². The summed E-state index contributed by atoms with van der Waals surface area (Å²) in [5, 5.41) is 34.7. The number of aromatic nitrogens is 2. The number of hydrogen-bond donors (Lipinski definition) is 4. The normalized spacial score (nSPS) is 11.7. The largest absolute Gasteiger partial charge is 0.494 e. The van der Waals surface area contributed by atoms with E-state index in [9.17, 15) is 36.8 Å². The van der Waals surface area contributed by atoms with Gasteiger partial charge in [-0.25, -0.2) is 9.48 Å². The van der Waals surface area contributed by atoms with Crippen molar-refractivity contribution in [2.24, 2.45) is 10.2 Å². The standard InChI is InChI=1S/C28H33N7O10S2/c1-19(36)31-24-16-21(34(12-3-5-14-46(39,40)41)13-4-6-15-47(42,43)44)10-11-23(24)32-33-27-20(17-29)18-30-35(27)26-22(28(37)38)8-7-9-25(26)45-2/h7-11,16,18H,3-6,12-15H2,1-2H3,(H,31,36)(H,37,38)(H,39,40,41)(H,42,43,44). The van der Waals surface area contributed by atoms with Crippen molar-refractivity contribution in [1.29, 1.82) is 5.26 Å². The van der Waals surface area contributed by atoms with Crippen LogP contribution in [0.5, 0.6) is 5.75 Å². The van der Waals surface area contributed by atoms with E-state index in [0.717, 1.165) is 4.68 Å². The number of nitriles is 1. The third-order valence-electron chi connectivity index (χ3n) is 6.59. The fourth-order valence-corrected chi connectivity index (χ4v) is 5.64. The number of amides is 1. The van der Waals surface area contributed by atoms with Gasteiger partial charge in [0.25, 0.3) is 20.2 Å². The summed E-state index contributed by atoms with van der Waals surface area (Å²) in [6.45, 7) is 1.88. The first kappa shape index (κ1) is 36.6. The number of carbonyl (C=O) groups excluding carboxylic acids is 1. The summed E-state index contributed by atoms with van der Waals surface area (Å²) >= 11 is 0. The van der Waals surface area contributed by atoms with Crippen LogP contribution < -0.4 is 15.0 Å². The highest BCUT2D eigenvalue weighted by Gasteiger charge is 2.22. The van der Waals surface area contributed by atoms with E-state index in [2.05, 4.69) is 20.6 Å². The Kier molecular flexibility index (Phi) is 12.5. The lowest BCUT2D eigenvalue weighted by Crippen LogP contribution is -2.26. The van der Waals surface area contributed by atoms with Gasteiger partial charge in [0, 0.05) is 25.7 Å². The Hall–Kier alpha value is -4.90. The van der Waals surface area contributed by atoms with Crippen LogP contribution in [0.4, 0.5) is 22.9 Å². The van der Waals surface area contributed by atoms with Crippen molar-refractivity contribution in [3.05, 3.63) is 53.7 Å². The minimum absolute atomic E-state index is 0.00835. The van der Waals surface area contributed by atoms with Crippen molar-refractivity contribution in [3.8, 4) is 17.5 Å². The van der Waals surface area contributed by atoms with Crippen molar-refractivity contribution in [2.45, 2.75) is 32.6 Å². The van der Waals surface area contributed by atoms with E-state index >= 15 is 0 Å². The van der Waals surface area contributed by atoms with Gasteiger partial charge in [0.2, 0.25) is 5.91 Å². The molecule has 0 saturated heterocycles. The summed E-state index contributed by atoms with van der Waals surface area (Å²) in [5.74, 6) is -2.58. The van der Waals surface area contributed by atoms with Crippen LogP contribution in [0.15, 0.2) is 52.8 Å². The number of rotatable bonds is 17. The third kappa shape index (κ3) is 10.8. The number of methoxy groups -OCH3 is 1. The second-order valence-corrected chi connectivity index (χ2v) is 13.3. The number of ether oxygens (including phenoxy) is 1. The number of carboxylic acids is 1. The van der Waals surface area contributed by atoms with Gasteiger partial charge in [-0.15, -0.1) is 10.2 Å². The Morgan fingerprint density at radius 2 is 1.66 bits per heavy atom. The minimum atomic E-state index is -4.16. The van der Waals surface area contributed by atoms with E-state index in [4.69, 9.17) is 13.8 Å². The lowest BCUT2D eigenvalue weighted by atomic mass is 10.1. The summed E-state index contributed by atoms with van der Waals surface area (Å²) in [6, 6.07) is 11.0. The Balaban J connectivity index is 2.02. The highest BCUT2D eigenvalue weighted by Crippen LogP contribution is 2.35. The second kappa shape index (κ2) is 16.1. The molecule has 0 radical (unpaired) electrons. The Labute approximate surface area is 271 Å². The molecule has 0 fully saturated rings. The zero-order valence-corrected chi connectivity index (χ0v) is 27.0. The first-order chi connectivity index (χ1) is 22.1. The summed E-state index contributed by atoms with van der Waals surface area (Å²) in [5.41, 5.74) is 0.701. The van der Waals surface area contributed by atoms with Crippen molar-refractivity contribution in [1.82, 2.24) is 9.78 Å². The number of aromatic carboxylic acids is 1. The highest BCUT2D eigenvalue weighted by atomic mass is 32.2. The molecule has 3 aromatic rings. The van der Waals surface area contributed by atoms with Crippen LogP contribution in [0.3, 0.4) is 0 Å². The van der Waals surface area contributed by atoms with Crippen LogP contribution in [0.25, 0.3) is 5.69 Å². The van der Waals surface area contributed by atoms with Crippen molar-refractivity contribution in [2.75, 3.05) is 41.9 Å². The molecule has 47 heavy (non-hydrogen) atoms. The molecule has 3 rings (SSSR count). The van der Waals surface area contributed by atoms with Crippen LogP contribution in [0.1, 0.15) is 48.5 Å². The molecular weight excluding hydrogens is 658 g/mol. The maximum atomic E-state index is 12.1. The molecular formula is C28H33N7O10S2. The number of benzene rings is 2. The van der Waals surface area contributed by atoms with Gasteiger partial charge in [0.1, 0.15) is 28.8 Å². The topological polar surface area (TPSA) is 254 Å². The maximum absolute atomic E-state index is 12.1. The fraction of sp³-hybridized carbons (Fsp3) is 0.357. The summed E-state index contributed by atoms with van der Waals surface area (Å²) < 4.78 is 69.2. The third-order valence-corrected chi connectivity index (χ3v) is 8.20. The summed E-state index contributed by atoms with van der Waals surface area (Å²) in [7, 11) is -6.97. The number of nitrogens with zero attached hydrogens (tertiary/aromatic N) is 6. The number of para-hydroxylation sites is 1. The molecule has 0 bridgehead atoms. The van der Waals surface area contributed by atoms with Gasteiger partial charge < -0.3 is 20.1 Å². The van der Waals surface area contributed by atoms with Gasteiger partial charge in [-0.3, -0.25) is 13.9 Å². The average molecular weight is 692 g/mol. The first-order valence-corrected chi connectivity index (χ1v) is 17.2. The Morgan fingerprint density at radius 1 is 1.02 bits per heavy atom. The quantitative estimate of drug-likeness (QED) is 0.0889. The van der Waals surface area contributed by atoms with Gasteiger partial charge in [-0.2, -0.15) is 27.2 Å². The van der Waals surface area contributed by atoms with Crippen LogP contribution >= 0.6 is 0 Å². The predicted octanol–water partition coefficient (Wildman–Crippen LogP) is 3.97. The van der Waals surface area contributed by atoms with E-state index in [0.29, 0.717) is 31.6 Å². The number of carbonyl (C=O) groups is 2. The number of hydrogen-bond acceptors (Lipinski definition) is 12. The molecule has 0 saturated carbocycles. The zero-order valence-electron chi connectivity index (χ0n) is 25.4. The van der Waals surface area contributed by atoms with Crippen LogP contribution in [0, 0.1) is 11.3 Å². The average Bonchev–Trinajstić information content (AvgIpc) is 3.40. The van der Waals surface area contributed by atoms with E-state index in [1.54, 1.807) is 12.1 Å². The number of unbranched alkanes of at least 4 members (excludes halogenated alkanes) is 2. The highest BCUT2D eigenvalue weighted by molar-refractivity contribution is 7.86. The smallest absolute Gasteiger partial charge is 0.338 e. The number of anilines is 2. The second-order valence-electron chi connectivity index (χ2n) is 10.1. The molecule has 4 N–H and O–H groups in total. The molecule has 0 spiro atoms. The first-order valence-electron chi connectivity index (χ1n) is 14.0. The molecule has 1 amide bonds. The molecule has 17 nitrogen and oxygen atoms in total. The van der Waals surface area contributed by atoms with Gasteiger partial charge in [0.05, 0.1) is 36.1 Å². The SMILES string of the molecule is COc1cccc(C(=O)O)c1-n1ncc(C#N)c1N=Nc1ccc(N(CCCCS(=O)(=O)O)CCCCS(=O)(=O)O)cc1NC(C)=O. The molecule has 19 heteroatoms. The number of nitrogens with one attached hydrogen (secondary N) is 1. The molecule has 1 heterocycles. The molecule has 0 aliphatic heterocycles. The van der Waals surface area contributed by atoms with Gasteiger partial charge in [-0.05, 0) is 56.0 Å². The van der Waals surface area contributed by atoms with Crippen molar-refractivity contribution in [3.63, 3.8) is 0 Å². The van der Waals surface area contributed by atoms with Crippen molar-refractivity contribution < 1.29 is 45.4 Å². The predicted molar refractivity (Wildman–Crippen MR) is 170 cm³/mol. The van der Waals surface area contributed by atoms with Gasteiger partial charge in [0.15, 0.2) is 5.82 Å². The summed E-state index contributed by atoms with van der Waals surface area (Å²) in [4.78, 5) is 25.9. The molecule has 252 valence electrons. The molecule has 0 aliphatic rings. The molecule has 0 aliphatic carbocycles. The van der Waals surface area contributed by atoms with Gasteiger partial charge >= 0.3 is 5.97 Å². The van der Waals surface area contributed by atoms with Crippen LogP contribution in [0.2, 0.25) is 0 Å². The molecule has 1 aromatic heterocycles. The maximum Gasteiger partial charge on any atom is 0.338 e. The Bertz CT molecular complexity index is 1860. The molecule has 2 aromatic carbocycles. The zero-order chi connectivity index (χ0) is 34.8.